The summed E-state index contributed by atoms with van der Waals surface area (Å²) in [4.78, 5) is 14.0. The Bertz CT molecular complexity index is 678. The first-order valence-corrected chi connectivity index (χ1v) is 6.46. The largest absolute Gasteiger partial charge is 0.439 e. The third-order valence-electron chi connectivity index (χ3n) is 3.00. The van der Waals surface area contributed by atoms with Crippen LogP contribution in [0.25, 0.3) is 0 Å². The van der Waals surface area contributed by atoms with Crippen molar-refractivity contribution < 1.29 is 9.66 Å². The molecule has 1 aromatic heterocycles. The SMILES string of the molecule is CC(C)(C)c1cccc(Oc2ccc([N+](=O)[O-])c(N)n2)c1. The zero-order chi connectivity index (χ0) is 15.6. The molecule has 2 aromatic rings. The molecule has 21 heavy (non-hydrogen) atoms. The van der Waals surface area contributed by atoms with Crippen molar-refractivity contribution in [3.05, 3.63) is 52.1 Å². The van der Waals surface area contributed by atoms with E-state index in [1.165, 1.54) is 12.1 Å². The molecule has 110 valence electrons. The Morgan fingerprint density at radius 2 is 1.95 bits per heavy atom. The molecule has 2 N–H and O–H groups in total. The molecular weight excluding hydrogens is 270 g/mol. The van der Waals surface area contributed by atoms with Crippen LogP contribution in [0.15, 0.2) is 36.4 Å². The second-order valence-electron chi connectivity index (χ2n) is 5.69. The van der Waals surface area contributed by atoms with Crippen molar-refractivity contribution in [2.45, 2.75) is 26.2 Å². The minimum absolute atomic E-state index is 0.00129. The van der Waals surface area contributed by atoms with Crippen molar-refractivity contribution in [3.63, 3.8) is 0 Å². The van der Waals surface area contributed by atoms with E-state index in [4.69, 9.17) is 10.5 Å². The minimum atomic E-state index is -0.577. The van der Waals surface area contributed by atoms with Crippen LogP contribution >= 0.6 is 0 Å². The number of nitro groups is 1. The van der Waals surface area contributed by atoms with Crippen molar-refractivity contribution in [2.24, 2.45) is 0 Å². The lowest BCUT2D eigenvalue weighted by molar-refractivity contribution is -0.384. The Morgan fingerprint density at radius 1 is 1.24 bits per heavy atom. The number of nitrogen functional groups attached to an aromatic ring is 1. The Hall–Kier alpha value is -2.63. The van der Waals surface area contributed by atoms with Crippen LogP contribution < -0.4 is 10.5 Å². The molecule has 0 aliphatic heterocycles. The maximum atomic E-state index is 10.7. The van der Waals surface area contributed by atoms with Gasteiger partial charge in [0.15, 0.2) is 0 Å². The Morgan fingerprint density at radius 3 is 2.52 bits per heavy atom. The van der Waals surface area contributed by atoms with Crippen LogP contribution in [0.4, 0.5) is 11.5 Å². The first kappa shape index (κ1) is 14.8. The third kappa shape index (κ3) is 3.47. The van der Waals surface area contributed by atoms with E-state index in [1.54, 1.807) is 6.07 Å². The fraction of sp³-hybridized carbons (Fsp3) is 0.267. The number of nitrogens with zero attached hydrogens (tertiary/aromatic N) is 2. The van der Waals surface area contributed by atoms with Gasteiger partial charge in [0.1, 0.15) is 5.75 Å². The molecule has 0 aliphatic rings. The summed E-state index contributed by atoms with van der Waals surface area (Å²) in [6.45, 7) is 6.32. The van der Waals surface area contributed by atoms with Gasteiger partial charge in [-0.15, -0.1) is 0 Å². The molecule has 0 bridgehead atoms. The fourth-order valence-corrected chi connectivity index (χ4v) is 1.81. The normalized spacial score (nSPS) is 11.2. The van der Waals surface area contributed by atoms with E-state index in [1.807, 2.05) is 18.2 Å². The quantitative estimate of drug-likeness (QED) is 0.687. The number of hydrogen-bond donors (Lipinski definition) is 1. The molecule has 1 heterocycles. The number of ether oxygens (including phenoxy) is 1. The van der Waals surface area contributed by atoms with Gasteiger partial charge >= 0.3 is 5.69 Å². The molecule has 0 spiro atoms. The van der Waals surface area contributed by atoms with Crippen LogP contribution in [0.2, 0.25) is 0 Å². The number of aromatic nitrogens is 1. The molecule has 0 amide bonds. The average molecular weight is 287 g/mol. The van der Waals surface area contributed by atoms with E-state index in [2.05, 4.69) is 25.8 Å². The maximum absolute atomic E-state index is 10.7. The lowest BCUT2D eigenvalue weighted by Crippen LogP contribution is -2.10. The van der Waals surface area contributed by atoms with Gasteiger partial charge < -0.3 is 10.5 Å². The smallest absolute Gasteiger partial charge is 0.311 e. The van der Waals surface area contributed by atoms with Gasteiger partial charge in [0.25, 0.3) is 0 Å². The molecule has 0 fully saturated rings. The minimum Gasteiger partial charge on any atom is -0.439 e. The van der Waals surface area contributed by atoms with Crippen molar-refractivity contribution in [1.29, 1.82) is 0 Å². The predicted molar refractivity (Wildman–Crippen MR) is 80.5 cm³/mol. The van der Waals surface area contributed by atoms with E-state index in [0.29, 0.717) is 5.75 Å². The zero-order valence-electron chi connectivity index (χ0n) is 12.2. The van der Waals surface area contributed by atoms with Crippen LogP contribution in [0.3, 0.4) is 0 Å². The highest BCUT2D eigenvalue weighted by atomic mass is 16.6. The highest BCUT2D eigenvalue weighted by Crippen LogP contribution is 2.29. The molecule has 6 heteroatoms. The van der Waals surface area contributed by atoms with Crippen LogP contribution in [0.1, 0.15) is 26.3 Å². The molecule has 6 nitrogen and oxygen atoms in total. The van der Waals surface area contributed by atoms with Crippen molar-refractivity contribution in [2.75, 3.05) is 5.73 Å². The van der Waals surface area contributed by atoms with E-state index < -0.39 is 4.92 Å². The fourth-order valence-electron chi connectivity index (χ4n) is 1.81. The topological polar surface area (TPSA) is 91.3 Å². The molecule has 0 unspecified atom stereocenters. The summed E-state index contributed by atoms with van der Waals surface area (Å²) in [5.74, 6) is 0.678. The molecule has 0 saturated heterocycles. The molecule has 1 aromatic carbocycles. The summed E-state index contributed by atoms with van der Waals surface area (Å²) in [6.07, 6.45) is 0. The molecule has 0 atom stereocenters. The first-order valence-electron chi connectivity index (χ1n) is 6.46. The van der Waals surface area contributed by atoms with Crippen LogP contribution in [0.5, 0.6) is 11.6 Å². The van der Waals surface area contributed by atoms with Crippen molar-refractivity contribution >= 4 is 11.5 Å². The summed E-state index contributed by atoms with van der Waals surface area (Å²) in [5, 5.41) is 10.7. The van der Waals surface area contributed by atoms with Gasteiger partial charge in [-0.2, -0.15) is 4.98 Å². The van der Waals surface area contributed by atoms with E-state index in [9.17, 15) is 10.1 Å². The first-order chi connectivity index (χ1) is 9.77. The second-order valence-corrected chi connectivity index (χ2v) is 5.69. The Labute approximate surface area is 122 Å². The van der Waals surface area contributed by atoms with E-state index in [-0.39, 0.29) is 22.8 Å². The Balaban J connectivity index is 2.27. The molecule has 2 rings (SSSR count). The average Bonchev–Trinajstić information content (AvgIpc) is 2.37. The van der Waals surface area contributed by atoms with Gasteiger partial charge in [-0.3, -0.25) is 10.1 Å². The van der Waals surface area contributed by atoms with Crippen LogP contribution in [-0.4, -0.2) is 9.91 Å². The van der Waals surface area contributed by atoms with E-state index >= 15 is 0 Å². The van der Waals surface area contributed by atoms with Crippen LogP contribution in [-0.2, 0) is 5.41 Å². The van der Waals surface area contributed by atoms with E-state index in [0.717, 1.165) is 5.56 Å². The molecule has 0 saturated carbocycles. The van der Waals surface area contributed by atoms with Gasteiger partial charge in [0, 0.05) is 12.1 Å². The lowest BCUT2D eigenvalue weighted by atomic mass is 9.87. The number of rotatable bonds is 3. The summed E-state index contributed by atoms with van der Waals surface area (Å²) in [6, 6.07) is 10.3. The van der Waals surface area contributed by atoms with Gasteiger partial charge in [-0.25, -0.2) is 0 Å². The number of pyridine rings is 1. The third-order valence-corrected chi connectivity index (χ3v) is 3.00. The Kier molecular flexibility index (Phi) is 3.80. The number of anilines is 1. The second kappa shape index (κ2) is 5.40. The van der Waals surface area contributed by atoms with Crippen molar-refractivity contribution in [3.8, 4) is 11.6 Å². The zero-order valence-corrected chi connectivity index (χ0v) is 12.2. The number of hydrogen-bond acceptors (Lipinski definition) is 5. The van der Waals surface area contributed by atoms with Gasteiger partial charge in [-0.1, -0.05) is 32.9 Å². The standard InChI is InChI=1S/C15H17N3O3/c1-15(2,3)10-5-4-6-11(9-10)21-13-8-7-12(18(19)20)14(16)17-13/h4-9H,1-3H3,(H2,16,17). The molecular formula is C15H17N3O3. The van der Waals surface area contributed by atoms with Gasteiger partial charge in [-0.05, 0) is 23.1 Å². The highest BCUT2D eigenvalue weighted by molar-refractivity contribution is 5.53. The van der Waals surface area contributed by atoms with Crippen LogP contribution in [0, 0.1) is 10.1 Å². The summed E-state index contributed by atoms with van der Waals surface area (Å²) < 4.78 is 5.62. The molecule has 0 aliphatic carbocycles. The summed E-state index contributed by atoms with van der Waals surface area (Å²) >= 11 is 0. The highest BCUT2D eigenvalue weighted by Gasteiger charge is 2.16. The summed E-state index contributed by atoms with van der Waals surface area (Å²) in [7, 11) is 0. The predicted octanol–water partition coefficient (Wildman–Crippen LogP) is 3.66. The van der Waals surface area contributed by atoms with Gasteiger partial charge in [0.2, 0.25) is 11.7 Å². The number of benzene rings is 1. The van der Waals surface area contributed by atoms with Gasteiger partial charge in [0.05, 0.1) is 4.92 Å². The summed E-state index contributed by atoms with van der Waals surface area (Å²) in [5.41, 5.74) is 6.43. The molecule has 0 radical (unpaired) electrons. The monoisotopic (exact) mass is 287 g/mol. The number of nitrogens with two attached hydrogens (primary N) is 1. The maximum Gasteiger partial charge on any atom is 0.311 e. The lowest BCUT2D eigenvalue weighted by Gasteiger charge is -2.19. The van der Waals surface area contributed by atoms with Crippen molar-refractivity contribution in [1.82, 2.24) is 4.98 Å².